The first-order valence-corrected chi connectivity index (χ1v) is 10.1. The zero-order valence-electron chi connectivity index (χ0n) is 13.5. The average molecular weight is 421 g/mol. The zero-order valence-corrected chi connectivity index (χ0v) is 15.9. The van der Waals surface area contributed by atoms with Crippen LogP contribution in [0.3, 0.4) is 0 Å². The van der Waals surface area contributed by atoms with E-state index < -0.39 is 0 Å². The maximum Gasteiger partial charge on any atom is 0.248 e. The second kappa shape index (κ2) is 7.65. The van der Waals surface area contributed by atoms with Gasteiger partial charge in [0.05, 0.1) is 17.4 Å². The molecule has 2 heterocycles. The van der Waals surface area contributed by atoms with E-state index in [0.717, 1.165) is 28.0 Å². The standard InChI is InChI=1S/C16H17BrN6OS/c17-13-9-5-4-8-12(13)15-19-18-14(24-15)10-25-16-20-21-22-23(16)11-6-2-1-3-7-11/h4-5,8-9,11H,1-3,6-7,10H2. The third kappa shape index (κ3) is 3.77. The molecule has 130 valence electrons. The summed E-state index contributed by atoms with van der Waals surface area (Å²) >= 11 is 5.04. The minimum atomic E-state index is 0.407. The van der Waals surface area contributed by atoms with Crippen molar-refractivity contribution in [3.05, 3.63) is 34.6 Å². The summed E-state index contributed by atoms with van der Waals surface area (Å²) < 4.78 is 8.67. The highest BCUT2D eigenvalue weighted by Gasteiger charge is 2.21. The van der Waals surface area contributed by atoms with E-state index in [4.69, 9.17) is 4.42 Å². The highest BCUT2D eigenvalue weighted by Crippen LogP contribution is 2.32. The molecule has 3 aromatic rings. The van der Waals surface area contributed by atoms with E-state index in [-0.39, 0.29) is 0 Å². The van der Waals surface area contributed by atoms with Gasteiger partial charge >= 0.3 is 0 Å². The quantitative estimate of drug-likeness (QED) is 0.569. The Balaban J connectivity index is 1.44. The summed E-state index contributed by atoms with van der Waals surface area (Å²) in [5, 5.41) is 21.3. The molecule has 2 aromatic heterocycles. The molecule has 1 aromatic carbocycles. The third-order valence-corrected chi connectivity index (χ3v) is 5.89. The Morgan fingerprint density at radius 1 is 1.12 bits per heavy atom. The molecule has 0 aliphatic heterocycles. The van der Waals surface area contributed by atoms with Crippen molar-refractivity contribution in [1.29, 1.82) is 0 Å². The van der Waals surface area contributed by atoms with Crippen LogP contribution in [-0.4, -0.2) is 30.4 Å². The Bertz CT molecular complexity index is 845. The summed E-state index contributed by atoms with van der Waals surface area (Å²) in [6, 6.07) is 8.19. The van der Waals surface area contributed by atoms with Crippen molar-refractivity contribution in [1.82, 2.24) is 30.4 Å². The second-order valence-electron chi connectivity index (χ2n) is 5.97. The highest BCUT2D eigenvalue weighted by atomic mass is 79.9. The van der Waals surface area contributed by atoms with Crippen LogP contribution in [0.5, 0.6) is 0 Å². The lowest BCUT2D eigenvalue weighted by molar-refractivity contribution is 0.307. The number of rotatable bonds is 5. The Morgan fingerprint density at radius 3 is 2.80 bits per heavy atom. The largest absolute Gasteiger partial charge is 0.420 e. The zero-order chi connectivity index (χ0) is 17.1. The van der Waals surface area contributed by atoms with Gasteiger partial charge in [0.1, 0.15) is 0 Å². The molecule has 7 nitrogen and oxygen atoms in total. The fourth-order valence-electron chi connectivity index (χ4n) is 3.02. The summed E-state index contributed by atoms with van der Waals surface area (Å²) in [4.78, 5) is 0. The van der Waals surface area contributed by atoms with E-state index in [9.17, 15) is 0 Å². The smallest absolute Gasteiger partial charge is 0.248 e. The van der Waals surface area contributed by atoms with Gasteiger partial charge in [-0.1, -0.05) is 43.2 Å². The first-order valence-electron chi connectivity index (χ1n) is 8.29. The first kappa shape index (κ1) is 16.7. The highest BCUT2D eigenvalue weighted by molar-refractivity contribution is 9.10. The summed E-state index contributed by atoms with van der Waals surface area (Å²) in [6.45, 7) is 0. The number of halogens is 1. The van der Waals surface area contributed by atoms with E-state index in [0.29, 0.717) is 23.6 Å². The monoisotopic (exact) mass is 420 g/mol. The first-order chi connectivity index (χ1) is 12.3. The molecule has 0 atom stereocenters. The predicted molar refractivity (Wildman–Crippen MR) is 96.9 cm³/mol. The predicted octanol–water partition coefficient (Wildman–Crippen LogP) is 4.28. The van der Waals surface area contributed by atoms with Crippen LogP contribution in [0.15, 0.2) is 38.3 Å². The van der Waals surface area contributed by atoms with Crippen molar-refractivity contribution in [2.24, 2.45) is 0 Å². The molecule has 9 heteroatoms. The van der Waals surface area contributed by atoms with E-state index in [2.05, 4.69) is 41.7 Å². The van der Waals surface area contributed by atoms with E-state index in [1.165, 1.54) is 31.0 Å². The second-order valence-corrected chi connectivity index (χ2v) is 7.76. The fraction of sp³-hybridized carbons (Fsp3) is 0.438. The topological polar surface area (TPSA) is 82.5 Å². The van der Waals surface area contributed by atoms with Gasteiger partial charge in [-0.2, -0.15) is 0 Å². The van der Waals surface area contributed by atoms with Crippen molar-refractivity contribution in [2.75, 3.05) is 0 Å². The average Bonchev–Trinajstić information content (AvgIpc) is 3.30. The van der Waals surface area contributed by atoms with Crippen LogP contribution < -0.4 is 0 Å². The lowest BCUT2D eigenvalue weighted by Gasteiger charge is -2.21. The Labute approximate surface area is 157 Å². The summed E-state index contributed by atoms with van der Waals surface area (Å²) in [7, 11) is 0. The normalized spacial score (nSPS) is 15.6. The molecule has 0 unspecified atom stereocenters. The van der Waals surface area contributed by atoms with Crippen LogP contribution in [0.25, 0.3) is 11.5 Å². The van der Waals surface area contributed by atoms with Crippen molar-refractivity contribution < 1.29 is 4.42 Å². The van der Waals surface area contributed by atoms with Crippen molar-refractivity contribution >= 4 is 27.7 Å². The number of tetrazole rings is 1. The minimum absolute atomic E-state index is 0.407. The van der Waals surface area contributed by atoms with Gasteiger partial charge in [-0.25, -0.2) is 4.68 Å². The van der Waals surface area contributed by atoms with Crippen molar-refractivity contribution in [3.8, 4) is 11.5 Å². The van der Waals surface area contributed by atoms with E-state index >= 15 is 0 Å². The third-order valence-electron chi connectivity index (χ3n) is 4.28. The van der Waals surface area contributed by atoms with Gasteiger partial charge in [-0.05, 0) is 51.3 Å². The van der Waals surface area contributed by atoms with Crippen LogP contribution >= 0.6 is 27.7 Å². The maximum absolute atomic E-state index is 5.78. The number of nitrogens with zero attached hydrogens (tertiary/aromatic N) is 6. The van der Waals surface area contributed by atoms with Crippen LogP contribution in [0.4, 0.5) is 0 Å². The summed E-state index contributed by atoms with van der Waals surface area (Å²) in [5.74, 6) is 1.62. The van der Waals surface area contributed by atoms with Crippen LogP contribution in [0.1, 0.15) is 44.0 Å². The fourth-order valence-corrected chi connectivity index (χ4v) is 4.25. The summed E-state index contributed by atoms with van der Waals surface area (Å²) in [6.07, 6.45) is 6.08. The van der Waals surface area contributed by atoms with Crippen molar-refractivity contribution in [3.63, 3.8) is 0 Å². The SMILES string of the molecule is Brc1ccccc1-c1nnc(CSc2nnnn2C2CCCCC2)o1. The number of hydrogen-bond acceptors (Lipinski definition) is 7. The van der Waals surface area contributed by atoms with Gasteiger partial charge in [0, 0.05) is 4.47 Å². The molecule has 1 saturated carbocycles. The number of benzene rings is 1. The number of thioether (sulfide) groups is 1. The van der Waals surface area contributed by atoms with Gasteiger partial charge in [-0.15, -0.1) is 15.3 Å². The molecule has 0 spiro atoms. The molecule has 4 rings (SSSR count). The van der Waals surface area contributed by atoms with E-state index in [1.54, 1.807) is 0 Å². The molecule has 0 bridgehead atoms. The molecule has 0 saturated heterocycles. The van der Waals surface area contributed by atoms with Gasteiger partial charge in [0.25, 0.3) is 0 Å². The molecule has 0 radical (unpaired) electrons. The number of hydrogen-bond donors (Lipinski definition) is 0. The molecule has 1 aliphatic carbocycles. The van der Waals surface area contributed by atoms with Crippen LogP contribution in [0.2, 0.25) is 0 Å². The molecule has 25 heavy (non-hydrogen) atoms. The van der Waals surface area contributed by atoms with Crippen molar-refractivity contribution in [2.45, 2.75) is 49.1 Å². The molecule has 1 fully saturated rings. The van der Waals surface area contributed by atoms with Gasteiger partial charge in [-0.3, -0.25) is 0 Å². The molecule has 1 aliphatic rings. The Hall–Kier alpha value is -1.74. The van der Waals surface area contributed by atoms with Crippen LogP contribution in [0, 0.1) is 0 Å². The van der Waals surface area contributed by atoms with E-state index in [1.807, 2.05) is 28.9 Å². The molecular weight excluding hydrogens is 404 g/mol. The van der Waals surface area contributed by atoms with Gasteiger partial charge in [0.2, 0.25) is 16.9 Å². The molecule has 0 N–H and O–H groups in total. The Kier molecular flexibility index (Phi) is 5.12. The molecular formula is C16H17BrN6OS. The van der Waals surface area contributed by atoms with Gasteiger partial charge < -0.3 is 4.42 Å². The lowest BCUT2D eigenvalue weighted by Crippen LogP contribution is -2.15. The summed E-state index contributed by atoms with van der Waals surface area (Å²) in [5.41, 5.74) is 0.887. The van der Waals surface area contributed by atoms with Gasteiger partial charge in [0.15, 0.2) is 0 Å². The maximum atomic E-state index is 5.78. The van der Waals surface area contributed by atoms with Crippen LogP contribution in [-0.2, 0) is 5.75 Å². The Morgan fingerprint density at radius 2 is 1.96 bits per heavy atom. The molecule has 0 amide bonds. The minimum Gasteiger partial charge on any atom is -0.420 e. The number of aromatic nitrogens is 6. The lowest BCUT2D eigenvalue weighted by atomic mass is 9.96.